The molecule has 2 rings (SSSR count). The highest BCUT2D eigenvalue weighted by Crippen LogP contribution is 2.30. The summed E-state index contributed by atoms with van der Waals surface area (Å²) in [4.78, 5) is 0. The average Bonchev–Trinajstić information content (AvgIpc) is 2.37. The summed E-state index contributed by atoms with van der Waals surface area (Å²) in [6, 6.07) is 4.50. The van der Waals surface area contributed by atoms with Crippen LogP contribution < -0.4 is 20.5 Å². The van der Waals surface area contributed by atoms with Crippen molar-refractivity contribution in [1.82, 2.24) is 5.32 Å². The molecule has 0 radical (unpaired) electrons. The first kappa shape index (κ1) is 14.2. The third kappa shape index (κ3) is 3.39. The Labute approximate surface area is 115 Å². The number of nitrogens with two attached hydrogens (primary N) is 1. The van der Waals surface area contributed by atoms with Gasteiger partial charge in [0.05, 0.1) is 14.2 Å². The summed E-state index contributed by atoms with van der Waals surface area (Å²) in [5, 5.41) is 3.50. The Hall–Kier alpha value is -1.26. The molecule has 0 spiro atoms. The van der Waals surface area contributed by atoms with Gasteiger partial charge in [0.1, 0.15) is 0 Å². The van der Waals surface area contributed by atoms with Crippen molar-refractivity contribution in [3.8, 4) is 11.5 Å². The summed E-state index contributed by atoms with van der Waals surface area (Å²) in [5.74, 6) is 2.32. The van der Waals surface area contributed by atoms with Crippen LogP contribution in [0.3, 0.4) is 0 Å². The fraction of sp³-hybridized carbons (Fsp3) is 0.600. The Morgan fingerprint density at radius 1 is 1.21 bits per heavy atom. The number of ether oxygens (including phenoxy) is 2. The van der Waals surface area contributed by atoms with Gasteiger partial charge in [-0.25, -0.2) is 0 Å². The molecule has 19 heavy (non-hydrogen) atoms. The first-order chi connectivity index (χ1) is 9.13. The van der Waals surface area contributed by atoms with Crippen LogP contribution in [0.4, 0.5) is 0 Å². The molecule has 1 aromatic carbocycles. The van der Waals surface area contributed by atoms with Crippen LogP contribution in [0.1, 0.15) is 24.0 Å². The fourth-order valence-corrected chi connectivity index (χ4v) is 2.58. The van der Waals surface area contributed by atoms with Crippen LogP contribution in [0.15, 0.2) is 12.1 Å². The molecule has 1 aliphatic carbocycles. The van der Waals surface area contributed by atoms with E-state index in [4.69, 9.17) is 15.2 Å². The molecule has 1 fully saturated rings. The van der Waals surface area contributed by atoms with Crippen molar-refractivity contribution < 1.29 is 9.47 Å². The number of hydrogen-bond acceptors (Lipinski definition) is 4. The van der Waals surface area contributed by atoms with Gasteiger partial charge in [0.15, 0.2) is 11.5 Å². The zero-order valence-corrected chi connectivity index (χ0v) is 12.0. The van der Waals surface area contributed by atoms with E-state index in [0.717, 1.165) is 43.3 Å². The highest BCUT2D eigenvalue weighted by atomic mass is 16.5. The van der Waals surface area contributed by atoms with Crippen molar-refractivity contribution in [1.29, 1.82) is 0 Å². The van der Waals surface area contributed by atoms with Crippen LogP contribution >= 0.6 is 0 Å². The molecule has 1 saturated carbocycles. The summed E-state index contributed by atoms with van der Waals surface area (Å²) < 4.78 is 10.6. The SMILES string of the molecule is COc1cc(C)c(CNCC2CC(N)C2)cc1OC. The van der Waals surface area contributed by atoms with Crippen LogP contribution in [-0.4, -0.2) is 26.8 Å². The van der Waals surface area contributed by atoms with Crippen molar-refractivity contribution in [3.05, 3.63) is 23.3 Å². The topological polar surface area (TPSA) is 56.5 Å². The molecular weight excluding hydrogens is 240 g/mol. The molecule has 0 bridgehead atoms. The molecule has 0 aromatic heterocycles. The minimum atomic E-state index is 0.426. The standard InChI is InChI=1S/C15H24N2O2/c1-10-4-14(18-2)15(19-3)7-12(10)9-17-8-11-5-13(16)6-11/h4,7,11,13,17H,5-6,8-9,16H2,1-3H3. The molecule has 3 N–H and O–H groups in total. The first-order valence-corrected chi connectivity index (χ1v) is 6.81. The number of rotatable bonds is 6. The summed E-state index contributed by atoms with van der Waals surface area (Å²) >= 11 is 0. The van der Waals surface area contributed by atoms with E-state index in [0.29, 0.717) is 6.04 Å². The molecule has 106 valence electrons. The molecule has 0 atom stereocenters. The van der Waals surface area contributed by atoms with Crippen LogP contribution in [0.5, 0.6) is 11.5 Å². The molecule has 1 aromatic rings. The number of nitrogens with one attached hydrogen (secondary N) is 1. The Balaban J connectivity index is 1.92. The van der Waals surface area contributed by atoms with Gasteiger partial charge in [0.2, 0.25) is 0 Å². The predicted octanol–water partition coefficient (Wildman–Crippen LogP) is 1.84. The largest absolute Gasteiger partial charge is 0.493 e. The third-order valence-electron chi connectivity index (χ3n) is 3.86. The van der Waals surface area contributed by atoms with Crippen LogP contribution in [-0.2, 0) is 6.54 Å². The van der Waals surface area contributed by atoms with Crippen LogP contribution in [0, 0.1) is 12.8 Å². The molecular formula is C15H24N2O2. The highest BCUT2D eigenvalue weighted by Gasteiger charge is 2.25. The lowest BCUT2D eigenvalue weighted by molar-refractivity contribution is 0.256. The van der Waals surface area contributed by atoms with E-state index >= 15 is 0 Å². The van der Waals surface area contributed by atoms with Gasteiger partial charge in [-0.05, 0) is 55.5 Å². The minimum absolute atomic E-state index is 0.426. The van der Waals surface area contributed by atoms with E-state index in [1.54, 1.807) is 14.2 Å². The lowest BCUT2D eigenvalue weighted by atomic mass is 9.81. The summed E-state index contributed by atoms with van der Waals surface area (Å²) in [7, 11) is 3.33. The summed E-state index contributed by atoms with van der Waals surface area (Å²) in [6.45, 7) is 4.00. The van der Waals surface area contributed by atoms with Gasteiger partial charge in [-0.3, -0.25) is 0 Å². The van der Waals surface area contributed by atoms with Gasteiger partial charge >= 0.3 is 0 Å². The maximum absolute atomic E-state index is 5.79. The van der Waals surface area contributed by atoms with Gasteiger partial charge < -0.3 is 20.5 Å². The molecule has 1 aliphatic rings. The molecule has 0 amide bonds. The third-order valence-corrected chi connectivity index (χ3v) is 3.86. The van der Waals surface area contributed by atoms with Gasteiger partial charge in [-0.2, -0.15) is 0 Å². The van der Waals surface area contributed by atoms with Crippen molar-refractivity contribution >= 4 is 0 Å². The van der Waals surface area contributed by atoms with E-state index in [9.17, 15) is 0 Å². The summed E-state index contributed by atoms with van der Waals surface area (Å²) in [5.41, 5.74) is 8.26. The Kier molecular flexibility index (Phi) is 4.66. The predicted molar refractivity (Wildman–Crippen MR) is 76.7 cm³/mol. The zero-order valence-electron chi connectivity index (χ0n) is 12.0. The molecule has 0 heterocycles. The van der Waals surface area contributed by atoms with Crippen molar-refractivity contribution in [2.75, 3.05) is 20.8 Å². The van der Waals surface area contributed by atoms with Crippen molar-refractivity contribution in [2.24, 2.45) is 11.7 Å². The zero-order chi connectivity index (χ0) is 13.8. The number of benzene rings is 1. The fourth-order valence-electron chi connectivity index (χ4n) is 2.58. The smallest absolute Gasteiger partial charge is 0.161 e. The van der Waals surface area contributed by atoms with E-state index in [-0.39, 0.29) is 0 Å². The second-order valence-corrected chi connectivity index (χ2v) is 5.36. The molecule has 0 saturated heterocycles. The number of hydrogen-bond donors (Lipinski definition) is 2. The van der Waals surface area contributed by atoms with Crippen molar-refractivity contribution in [2.45, 2.75) is 32.4 Å². The maximum Gasteiger partial charge on any atom is 0.161 e. The van der Waals surface area contributed by atoms with Gasteiger partial charge in [0, 0.05) is 12.6 Å². The maximum atomic E-state index is 5.79. The van der Waals surface area contributed by atoms with E-state index in [1.165, 1.54) is 11.1 Å². The van der Waals surface area contributed by atoms with Crippen LogP contribution in [0.25, 0.3) is 0 Å². The second-order valence-electron chi connectivity index (χ2n) is 5.36. The van der Waals surface area contributed by atoms with Gasteiger partial charge in [-0.15, -0.1) is 0 Å². The van der Waals surface area contributed by atoms with Gasteiger partial charge in [0.25, 0.3) is 0 Å². The Morgan fingerprint density at radius 3 is 2.42 bits per heavy atom. The molecule has 0 unspecified atom stereocenters. The average molecular weight is 264 g/mol. The minimum Gasteiger partial charge on any atom is -0.493 e. The van der Waals surface area contributed by atoms with E-state index in [2.05, 4.69) is 12.2 Å². The normalized spacial score (nSPS) is 21.9. The lowest BCUT2D eigenvalue weighted by Crippen LogP contribution is -2.41. The van der Waals surface area contributed by atoms with Crippen molar-refractivity contribution in [3.63, 3.8) is 0 Å². The molecule has 4 nitrogen and oxygen atoms in total. The second kappa shape index (κ2) is 6.26. The van der Waals surface area contributed by atoms with E-state index < -0.39 is 0 Å². The highest BCUT2D eigenvalue weighted by molar-refractivity contribution is 5.46. The molecule has 4 heteroatoms. The molecule has 0 aliphatic heterocycles. The monoisotopic (exact) mass is 264 g/mol. The lowest BCUT2D eigenvalue weighted by Gasteiger charge is -2.32. The summed E-state index contributed by atoms with van der Waals surface area (Å²) in [6.07, 6.45) is 2.30. The Bertz CT molecular complexity index is 428. The Morgan fingerprint density at radius 2 is 1.84 bits per heavy atom. The number of methoxy groups -OCH3 is 2. The first-order valence-electron chi connectivity index (χ1n) is 6.81. The van der Waals surface area contributed by atoms with E-state index in [1.807, 2.05) is 12.1 Å². The van der Waals surface area contributed by atoms with Gasteiger partial charge in [-0.1, -0.05) is 0 Å². The quantitative estimate of drug-likeness (QED) is 0.823. The van der Waals surface area contributed by atoms with Crippen LogP contribution in [0.2, 0.25) is 0 Å². The number of aryl methyl sites for hydroxylation is 1.